The van der Waals surface area contributed by atoms with E-state index in [0.717, 1.165) is 0 Å². The van der Waals surface area contributed by atoms with E-state index in [1.807, 2.05) is 13.8 Å². The van der Waals surface area contributed by atoms with E-state index in [-0.39, 0.29) is 11.7 Å². The van der Waals surface area contributed by atoms with Crippen LogP contribution in [0, 0.1) is 0 Å². The molecule has 5 heteroatoms. The number of aromatic nitrogens is 2. The summed E-state index contributed by atoms with van der Waals surface area (Å²) >= 11 is 5.85. The van der Waals surface area contributed by atoms with E-state index in [1.54, 1.807) is 16.7 Å². The molecule has 2 aromatic rings. The summed E-state index contributed by atoms with van der Waals surface area (Å²) in [6.45, 7) is 3.77. The fraction of sp³-hybridized carbons (Fsp3) is 0.273. The maximum absolute atomic E-state index is 11.7. The van der Waals surface area contributed by atoms with Crippen LogP contribution >= 0.6 is 11.6 Å². The zero-order valence-electron chi connectivity index (χ0n) is 8.95. The van der Waals surface area contributed by atoms with Crippen molar-refractivity contribution in [1.29, 1.82) is 0 Å². The highest BCUT2D eigenvalue weighted by Gasteiger charge is 2.13. The van der Waals surface area contributed by atoms with Crippen molar-refractivity contribution in [2.45, 2.75) is 19.9 Å². The zero-order chi connectivity index (χ0) is 11.9. The predicted molar refractivity (Wildman–Crippen MR) is 63.3 cm³/mol. The molecule has 1 N–H and O–H groups in total. The van der Waals surface area contributed by atoms with E-state index < -0.39 is 0 Å². The van der Waals surface area contributed by atoms with E-state index in [9.17, 15) is 9.59 Å². The van der Waals surface area contributed by atoms with Crippen LogP contribution in [0.5, 0.6) is 0 Å². The maximum atomic E-state index is 11.7. The number of rotatable bonds is 2. The van der Waals surface area contributed by atoms with Gasteiger partial charge in [-0.15, -0.1) is 0 Å². The van der Waals surface area contributed by atoms with Gasteiger partial charge >= 0.3 is 5.69 Å². The van der Waals surface area contributed by atoms with Crippen molar-refractivity contribution in [1.82, 2.24) is 9.55 Å². The Hall–Kier alpha value is -1.55. The number of carbonyl (C=O) groups is 1. The van der Waals surface area contributed by atoms with Gasteiger partial charge in [0.1, 0.15) is 0 Å². The molecule has 0 saturated heterocycles. The van der Waals surface area contributed by atoms with Crippen molar-refractivity contribution in [3.05, 3.63) is 33.2 Å². The first-order chi connectivity index (χ1) is 7.54. The standard InChI is InChI=1S/C11H11ClN2O2/c1-6(2)14-10-7(5-15)3-8(12)4-9(10)13-11(14)16/h3-6H,1-2H3,(H,13,16). The van der Waals surface area contributed by atoms with Crippen molar-refractivity contribution >= 4 is 28.9 Å². The zero-order valence-corrected chi connectivity index (χ0v) is 9.71. The second kappa shape index (κ2) is 3.79. The first-order valence-electron chi connectivity index (χ1n) is 4.93. The number of halogens is 1. The summed E-state index contributed by atoms with van der Waals surface area (Å²) in [6, 6.07) is 3.19. The Kier molecular flexibility index (Phi) is 2.59. The monoisotopic (exact) mass is 238 g/mol. The first-order valence-corrected chi connectivity index (χ1v) is 5.31. The van der Waals surface area contributed by atoms with E-state index in [4.69, 9.17) is 11.6 Å². The van der Waals surface area contributed by atoms with Crippen LogP contribution in [-0.2, 0) is 0 Å². The Morgan fingerprint density at radius 3 is 2.69 bits per heavy atom. The first kappa shape index (κ1) is 11.0. The molecule has 0 fully saturated rings. The summed E-state index contributed by atoms with van der Waals surface area (Å²) in [5.41, 5.74) is 1.40. The molecule has 0 radical (unpaired) electrons. The number of hydrogen-bond acceptors (Lipinski definition) is 2. The third-order valence-electron chi connectivity index (χ3n) is 2.45. The number of fused-ring (bicyclic) bond motifs is 1. The van der Waals surface area contributed by atoms with Gasteiger partial charge in [-0.05, 0) is 26.0 Å². The van der Waals surface area contributed by atoms with Crippen LogP contribution in [0.1, 0.15) is 30.2 Å². The summed E-state index contributed by atoms with van der Waals surface area (Å²) in [7, 11) is 0. The van der Waals surface area contributed by atoms with Gasteiger partial charge in [-0.1, -0.05) is 11.6 Å². The van der Waals surface area contributed by atoms with Gasteiger partial charge in [-0.25, -0.2) is 4.79 Å². The molecule has 1 heterocycles. The quantitative estimate of drug-likeness (QED) is 0.817. The molecule has 0 saturated carbocycles. The van der Waals surface area contributed by atoms with Gasteiger partial charge in [-0.3, -0.25) is 9.36 Å². The lowest BCUT2D eigenvalue weighted by molar-refractivity contribution is 0.112. The number of carbonyl (C=O) groups excluding carboxylic acids is 1. The van der Waals surface area contributed by atoms with Crippen molar-refractivity contribution in [2.24, 2.45) is 0 Å². The highest BCUT2D eigenvalue weighted by Crippen LogP contribution is 2.22. The second-order valence-electron chi connectivity index (χ2n) is 3.90. The minimum absolute atomic E-state index is 0.0128. The molecule has 0 spiro atoms. The van der Waals surface area contributed by atoms with Crippen LogP contribution < -0.4 is 5.69 Å². The molecule has 84 valence electrons. The number of benzene rings is 1. The fourth-order valence-corrected chi connectivity index (χ4v) is 2.07. The minimum atomic E-state index is -0.227. The average Bonchev–Trinajstić information content (AvgIpc) is 2.52. The summed E-state index contributed by atoms with van der Waals surface area (Å²) in [6.07, 6.45) is 0.709. The molecule has 0 amide bonds. The topological polar surface area (TPSA) is 54.9 Å². The molecule has 2 rings (SSSR count). The highest BCUT2D eigenvalue weighted by atomic mass is 35.5. The number of hydrogen-bond donors (Lipinski definition) is 1. The van der Waals surface area contributed by atoms with Gasteiger partial charge in [0, 0.05) is 16.6 Å². The molecule has 1 aromatic heterocycles. The van der Waals surface area contributed by atoms with Gasteiger partial charge in [-0.2, -0.15) is 0 Å². The molecule has 1 aromatic carbocycles. The molecule has 0 atom stereocenters. The Bertz CT molecular complexity index is 610. The lowest BCUT2D eigenvalue weighted by atomic mass is 10.2. The van der Waals surface area contributed by atoms with Crippen LogP contribution in [0.15, 0.2) is 16.9 Å². The van der Waals surface area contributed by atoms with Crippen molar-refractivity contribution < 1.29 is 4.79 Å². The van der Waals surface area contributed by atoms with Crippen molar-refractivity contribution in [2.75, 3.05) is 0 Å². The molecular weight excluding hydrogens is 228 g/mol. The molecule has 0 aliphatic carbocycles. The van der Waals surface area contributed by atoms with Crippen molar-refractivity contribution in [3.63, 3.8) is 0 Å². The molecule has 0 bridgehead atoms. The number of aromatic amines is 1. The molecule has 0 aliphatic heterocycles. The van der Waals surface area contributed by atoms with Gasteiger partial charge in [0.05, 0.1) is 11.0 Å². The second-order valence-corrected chi connectivity index (χ2v) is 4.34. The van der Waals surface area contributed by atoms with Crippen LogP contribution in [0.3, 0.4) is 0 Å². The minimum Gasteiger partial charge on any atom is -0.305 e. The Balaban J connectivity index is 2.97. The van der Waals surface area contributed by atoms with Crippen LogP contribution in [0.4, 0.5) is 0 Å². The lowest BCUT2D eigenvalue weighted by Crippen LogP contribution is -2.18. The van der Waals surface area contributed by atoms with Crippen molar-refractivity contribution in [3.8, 4) is 0 Å². The molecule has 4 nitrogen and oxygen atoms in total. The molecule has 0 unspecified atom stereocenters. The summed E-state index contributed by atoms with van der Waals surface area (Å²) < 4.78 is 1.55. The molecular formula is C11H11ClN2O2. The third-order valence-corrected chi connectivity index (χ3v) is 2.67. The number of aldehydes is 1. The smallest absolute Gasteiger partial charge is 0.305 e. The van der Waals surface area contributed by atoms with Gasteiger partial charge in [0.2, 0.25) is 0 Å². The maximum Gasteiger partial charge on any atom is 0.326 e. The Labute approximate surface area is 96.8 Å². The van der Waals surface area contributed by atoms with E-state index in [0.29, 0.717) is 27.9 Å². The molecule has 16 heavy (non-hydrogen) atoms. The van der Waals surface area contributed by atoms with Crippen LogP contribution in [0.25, 0.3) is 11.0 Å². The Morgan fingerprint density at radius 2 is 2.12 bits per heavy atom. The fourth-order valence-electron chi connectivity index (χ4n) is 1.84. The number of nitrogens with zero attached hydrogens (tertiary/aromatic N) is 1. The van der Waals surface area contributed by atoms with E-state index in [2.05, 4.69) is 4.98 Å². The highest BCUT2D eigenvalue weighted by molar-refractivity contribution is 6.31. The van der Waals surface area contributed by atoms with Crippen LogP contribution in [0.2, 0.25) is 5.02 Å². The SMILES string of the molecule is CC(C)n1c(=O)[nH]c2cc(Cl)cc(C=O)c21. The number of nitrogens with one attached hydrogen (secondary N) is 1. The Morgan fingerprint density at radius 1 is 1.44 bits per heavy atom. The van der Waals surface area contributed by atoms with Crippen LogP contribution in [-0.4, -0.2) is 15.8 Å². The van der Waals surface area contributed by atoms with Gasteiger partial charge in [0.25, 0.3) is 0 Å². The van der Waals surface area contributed by atoms with E-state index in [1.165, 1.54) is 0 Å². The summed E-state index contributed by atoms with van der Waals surface area (Å²) in [5, 5.41) is 0.437. The summed E-state index contributed by atoms with van der Waals surface area (Å²) in [5.74, 6) is 0. The predicted octanol–water partition coefficient (Wildman–Crippen LogP) is 2.38. The number of imidazole rings is 1. The third kappa shape index (κ3) is 1.55. The van der Waals surface area contributed by atoms with Gasteiger partial charge in [0.15, 0.2) is 6.29 Å². The largest absolute Gasteiger partial charge is 0.326 e. The van der Waals surface area contributed by atoms with E-state index >= 15 is 0 Å². The molecule has 0 aliphatic rings. The summed E-state index contributed by atoms with van der Waals surface area (Å²) in [4.78, 5) is 25.4. The average molecular weight is 239 g/mol. The lowest BCUT2D eigenvalue weighted by Gasteiger charge is -2.08. The normalized spacial score (nSPS) is 11.2. The van der Waals surface area contributed by atoms with Gasteiger partial charge < -0.3 is 4.98 Å². The number of H-pyrrole nitrogens is 1.